The predicted molar refractivity (Wildman–Crippen MR) is 51.1 cm³/mol. The summed E-state index contributed by atoms with van der Waals surface area (Å²) >= 11 is 0. The molecule has 1 atom stereocenters. The number of carboxylic acid groups (broad SMARTS) is 1. The lowest BCUT2D eigenvalue weighted by atomic mass is 10.2. The van der Waals surface area contributed by atoms with Gasteiger partial charge in [-0.2, -0.15) is 0 Å². The van der Waals surface area contributed by atoms with Gasteiger partial charge in [-0.25, -0.2) is 9.59 Å². The van der Waals surface area contributed by atoms with Crippen molar-refractivity contribution in [3.8, 4) is 0 Å². The van der Waals surface area contributed by atoms with Gasteiger partial charge >= 0.3 is 11.9 Å². The summed E-state index contributed by atoms with van der Waals surface area (Å²) in [6.07, 6.45) is 0.768. The summed E-state index contributed by atoms with van der Waals surface area (Å²) in [6, 6.07) is -1.61. The maximum atomic E-state index is 11.1. The van der Waals surface area contributed by atoms with Crippen LogP contribution in [0.5, 0.6) is 0 Å². The number of hydrogen-bond acceptors (Lipinski definition) is 4. The highest BCUT2D eigenvalue weighted by Gasteiger charge is 2.28. The number of hydrogen-bond donors (Lipinski definition) is 2. The van der Waals surface area contributed by atoms with Crippen LogP contribution in [0.3, 0.4) is 0 Å². The molecule has 86 valence electrons. The molecule has 0 aromatic rings. The average Bonchev–Trinajstić information content (AvgIpc) is 2.14. The van der Waals surface area contributed by atoms with Crippen molar-refractivity contribution >= 4 is 17.8 Å². The third-order valence-corrected chi connectivity index (χ3v) is 1.55. The Morgan fingerprint density at radius 1 is 1.33 bits per heavy atom. The summed E-state index contributed by atoms with van der Waals surface area (Å²) in [5, 5.41) is 10.8. The second-order valence-corrected chi connectivity index (χ2v) is 2.84. The molecule has 0 radical (unpaired) electrons. The highest BCUT2D eigenvalue weighted by atomic mass is 16.5. The molecule has 0 bridgehead atoms. The summed E-state index contributed by atoms with van der Waals surface area (Å²) in [5.41, 5.74) is 0. The summed E-state index contributed by atoms with van der Waals surface area (Å²) in [6.45, 7) is 3.41. The van der Waals surface area contributed by atoms with Gasteiger partial charge in [-0.05, 0) is 13.3 Å². The number of esters is 1. The molecule has 0 saturated heterocycles. The van der Waals surface area contributed by atoms with Gasteiger partial charge in [0.15, 0.2) is 0 Å². The van der Waals surface area contributed by atoms with Gasteiger partial charge in [0.05, 0.1) is 6.61 Å². The summed E-state index contributed by atoms with van der Waals surface area (Å²) in [4.78, 5) is 32.8. The van der Waals surface area contributed by atoms with Crippen LogP contribution in [0.15, 0.2) is 0 Å². The highest BCUT2D eigenvalue weighted by Crippen LogP contribution is 1.93. The van der Waals surface area contributed by atoms with E-state index in [1.54, 1.807) is 13.8 Å². The lowest BCUT2D eigenvalue weighted by Gasteiger charge is -2.12. The molecule has 0 saturated carbocycles. The van der Waals surface area contributed by atoms with Gasteiger partial charge in [-0.15, -0.1) is 0 Å². The van der Waals surface area contributed by atoms with Gasteiger partial charge < -0.3 is 15.2 Å². The lowest BCUT2D eigenvalue weighted by Crippen LogP contribution is -2.47. The first-order valence-electron chi connectivity index (χ1n) is 4.71. The molecular weight excluding hydrogens is 202 g/mol. The van der Waals surface area contributed by atoms with Gasteiger partial charge in [0.2, 0.25) is 11.9 Å². The quantitative estimate of drug-likeness (QED) is 0.479. The zero-order valence-electron chi connectivity index (χ0n) is 8.78. The molecule has 0 aromatic carbocycles. The van der Waals surface area contributed by atoms with Crippen LogP contribution in [-0.4, -0.2) is 35.6 Å². The molecule has 6 heteroatoms. The molecule has 1 unspecified atom stereocenters. The van der Waals surface area contributed by atoms with Crippen LogP contribution in [0.2, 0.25) is 0 Å². The zero-order chi connectivity index (χ0) is 11.8. The first kappa shape index (κ1) is 13.4. The number of carbonyl (C=O) groups excluding carboxylic acids is 2. The van der Waals surface area contributed by atoms with Crippen LogP contribution in [0.25, 0.3) is 0 Å². The first-order chi connectivity index (χ1) is 7.02. The van der Waals surface area contributed by atoms with E-state index in [-0.39, 0.29) is 13.0 Å². The Balaban J connectivity index is 4.34. The Hall–Kier alpha value is -1.59. The molecule has 0 heterocycles. The van der Waals surface area contributed by atoms with Crippen LogP contribution in [0.1, 0.15) is 26.7 Å². The van der Waals surface area contributed by atoms with E-state index in [4.69, 9.17) is 5.11 Å². The molecule has 2 N–H and O–H groups in total. The number of carbonyl (C=O) groups is 3. The standard InChI is InChI=1S/C9H15NO5/c1-3-5-6(11)10-7(8(12)13)9(14)15-4-2/h7H,3-5H2,1-2H3,(H,10,11)(H,12,13). The number of ether oxygens (including phenoxy) is 1. The number of amides is 1. The number of aliphatic carboxylic acids is 1. The van der Waals surface area contributed by atoms with Crippen LogP contribution in [0, 0.1) is 0 Å². The Kier molecular flexibility index (Phi) is 6.08. The van der Waals surface area contributed by atoms with Crippen LogP contribution in [0.4, 0.5) is 0 Å². The van der Waals surface area contributed by atoms with Crippen molar-refractivity contribution in [2.75, 3.05) is 6.61 Å². The fraction of sp³-hybridized carbons (Fsp3) is 0.667. The maximum Gasteiger partial charge on any atom is 0.340 e. The normalized spacial score (nSPS) is 11.6. The minimum absolute atomic E-state index is 0.0757. The smallest absolute Gasteiger partial charge is 0.340 e. The summed E-state index contributed by atoms with van der Waals surface area (Å²) in [5.74, 6) is -2.84. The third-order valence-electron chi connectivity index (χ3n) is 1.55. The largest absolute Gasteiger partial charge is 0.479 e. The Bertz CT molecular complexity index is 251. The fourth-order valence-electron chi connectivity index (χ4n) is 0.907. The van der Waals surface area contributed by atoms with Gasteiger partial charge in [0, 0.05) is 6.42 Å². The Morgan fingerprint density at radius 2 is 1.93 bits per heavy atom. The van der Waals surface area contributed by atoms with Gasteiger partial charge in [-0.1, -0.05) is 6.92 Å². The van der Waals surface area contributed by atoms with Crippen molar-refractivity contribution in [1.82, 2.24) is 5.32 Å². The molecule has 15 heavy (non-hydrogen) atoms. The van der Waals surface area contributed by atoms with E-state index in [0.29, 0.717) is 6.42 Å². The second kappa shape index (κ2) is 6.80. The first-order valence-corrected chi connectivity index (χ1v) is 4.71. The van der Waals surface area contributed by atoms with E-state index in [0.717, 1.165) is 0 Å². The van der Waals surface area contributed by atoms with E-state index in [9.17, 15) is 14.4 Å². The maximum absolute atomic E-state index is 11.1. The SMILES string of the molecule is CCCC(=O)NC(C(=O)O)C(=O)OCC. The molecule has 0 rings (SSSR count). The molecule has 6 nitrogen and oxygen atoms in total. The van der Waals surface area contributed by atoms with E-state index >= 15 is 0 Å². The molecule has 0 spiro atoms. The van der Waals surface area contributed by atoms with Crippen molar-refractivity contribution in [2.24, 2.45) is 0 Å². The van der Waals surface area contributed by atoms with Crippen molar-refractivity contribution in [2.45, 2.75) is 32.7 Å². The second-order valence-electron chi connectivity index (χ2n) is 2.84. The fourth-order valence-corrected chi connectivity index (χ4v) is 0.907. The molecule has 0 fully saturated rings. The van der Waals surface area contributed by atoms with E-state index in [1.807, 2.05) is 0 Å². The number of rotatable bonds is 6. The van der Waals surface area contributed by atoms with Crippen molar-refractivity contribution in [1.29, 1.82) is 0 Å². The van der Waals surface area contributed by atoms with Crippen LogP contribution >= 0.6 is 0 Å². The zero-order valence-corrected chi connectivity index (χ0v) is 8.78. The topological polar surface area (TPSA) is 92.7 Å². The lowest BCUT2D eigenvalue weighted by molar-refractivity contribution is -0.156. The van der Waals surface area contributed by atoms with Gasteiger partial charge in [-0.3, -0.25) is 4.79 Å². The summed E-state index contributed by atoms with van der Waals surface area (Å²) < 4.78 is 4.51. The van der Waals surface area contributed by atoms with Gasteiger partial charge in [0.25, 0.3) is 0 Å². The molecule has 0 aliphatic heterocycles. The Morgan fingerprint density at radius 3 is 2.33 bits per heavy atom. The van der Waals surface area contributed by atoms with Gasteiger partial charge in [0.1, 0.15) is 0 Å². The summed E-state index contributed by atoms with van der Waals surface area (Å²) in [7, 11) is 0. The Labute approximate surface area is 87.6 Å². The number of carboxylic acids is 1. The minimum Gasteiger partial charge on any atom is -0.479 e. The molecule has 0 aliphatic rings. The number of nitrogens with one attached hydrogen (secondary N) is 1. The third kappa shape index (κ3) is 4.99. The molecule has 0 aliphatic carbocycles. The van der Waals surface area contributed by atoms with E-state index < -0.39 is 23.9 Å². The van der Waals surface area contributed by atoms with E-state index in [1.165, 1.54) is 0 Å². The highest BCUT2D eigenvalue weighted by molar-refractivity contribution is 6.01. The van der Waals surface area contributed by atoms with Crippen molar-refractivity contribution in [3.63, 3.8) is 0 Å². The van der Waals surface area contributed by atoms with E-state index in [2.05, 4.69) is 10.1 Å². The molecule has 0 aromatic heterocycles. The van der Waals surface area contributed by atoms with Crippen molar-refractivity contribution in [3.05, 3.63) is 0 Å². The minimum atomic E-state index is -1.61. The van der Waals surface area contributed by atoms with Crippen LogP contribution in [-0.2, 0) is 19.1 Å². The van der Waals surface area contributed by atoms with Crippen LogP contribution < -0.4 is 5.32 Å². The monoisotopic (exact) mass is 217 g/mol. The molecular formula is C9H15NO5. The predicted octanol–water partition coefficient (Wildman–Crippen LogP) is -0.0810. The van der Waals surface area contributed by atoms with Crippen molar-refractivity contribution < 1.29 is 24.2 Å². The molecule has 1 amide bonds. The average molecular weight is 217 g/mol.